The molecule has 0 radical (unpaired) electrons. The fraction of sp³-hybridized carbons (Fsp3) is 0.231. The smallest absolute Gasteiger partial charge is 0.374 e. The van der Waals surface area contributed by atoms with E-state index in [0.29, 0.717) is 18.0 Å². The second kappa shape index (κ2) is 6.33. The molecule has 0 amide bonds. The van der Waals surface area contributed by atoms with Gasteiger partial charge in [0.15, 0.2) is 5.15 Å². The fourth-order valence-corrected chi connectivity index (χ4v) is 2.63. The Hall–Kier alpha value is -1.78. The Balaban J connectivity index is 1.93. The van der Waals surface area contributed by atoms with Crippen molar-refractivity contribution in [1.82, 2.24) is 4.37 Å². The van der Waals surface area contributed by atoms with Crippen molar-refractivity contribution >= 4 is 28.1 Å². The van der Waals surface area contributed by atoms with Gasteiger partial charge in [0.05, 0.1) is 5.56 Å². The highest BCUT2D eigenvalue weighted by atomic mass is 35.5. The molecule has 0 saturated carbocycles. The largest absolute Gasteiger partial charge is 0.416 e. The van der Waals surface area contributed by atoms with Gasteiger partial charge in [-0.25, -0.2) is 0 Å². The van der Waals surface area contributed by atoms with Crippen LogP contribution in [0, 0.1) is 11.3 Å². The Labute approximate surface area is 128 Å². The minimum absolute atomic E-state index is 0.152. The maximum Gasteiger partial charge on any atom is 0.416 e. The molecule has 0 bridgehead atoms. The monoisotopic (exact) mass is 331 g/mol. The predicted molar refractivity (Wildman–Crippen MR) is 75.5 cm³/mol. The lowest BCUT2D eigenvalue weighted by atomic mass is 10.1. The predicted octanol–water partition coefficient (Wildman–Crippen LogP) is 4.34. The van der Waals surface area contributed by atoms with Crippen LogP contribution in [0.1, 0.15) is 16.7 Å². The van der Waals surface area contributed by atoms with Crippen molar-refractivity contribution in [2.45, 2.75) is 12.6 Å². The van der Waals surface area contributed by atoms with Gasteiger partial charge < -0.3 is 5.32 Å². The number of anilines is 1. The third-order valence-corrected chi connectivity index (χ3v) is 3.92. The van der Waals surface area contributed by atoms with Crippen molar-refractivity contribution in [3.05, 3.63) is 46.1 Å². The van der Waals surface area contributed by atoms with Gasteiger partial charge in [-0.2, -0.15) is 22.8 Å². The minimum atomic E-state index is -4.32. The lowest BCUT2D eigenvalue weighted by Crippen LogP contribution is -2.07. The van der Waals surface area contributed by atoms with Crippen LogP contribution in [0.25, 0.3) is 0 Å². The van der Waals surface area contributed by atoms with Crippen molar-refractivity contribution in [1.29, 1.82) is 5.26 Å². The molecule has 0 unspecified atom stereocenters. The number of nitrogens with one attached hydrogen (secondary N) is 1. The third kappa shape index (κ3) is 3.86. The summed E-state index contributed by atoms with van der Waals surface area (Å²) in [6.07, 6.45) is -3.80. The number of hydrogen-bond acceptors (Lipinski definition) is 4. The minimum Gasteiger partial charge on any atom is -0.374 e. The molecule has 110 valence electrons. The Morgan fingerprint density at radius 2 is 1.95 bits per heavy atom. The summed E-state index contributed by atoms with van der Waals surface area (Å²) >= 11 is 6.81. The molecular formula is C13H9ClF3N3S. The third-order valence-electron chi connectivity index (χ3n) is 2.74. The molecule has 0 atom stereocenters. The summed E-state index contributed by atoms with van der Waals surface area (Å²) in [5, 5.41) is 12.6. The van der Waals surface area contributed by atoms with Gasteiger partial charge in [0, 0.05) is 6.54 Å². The van der Waals surface area contributed by atoms with Crippen LogP contribution in [0.4, 0.5) is 18.2 Å². The first kappa shape index (κ1) is 15.6. The number of hydrogen-bond donors (Lipinski definition) is 1. The van der Waals surface area contributed by atoms with Crippen LogP contribution in [0.2, 0.25) is 5.15 Å². The molecule has 0 saturated heterocycles. The SMILES string of the molecule is N#Cc1c(Cl)nsc1NCCc1ccc(C(F)(F)F)cc1. The quantitative estimate of drug-likeness (QED) is 0.906. The van der Waals surface area contributed by atoms with E-state index in [1.165, 1.54) is 12.1 Å². The molecule has 2 aromatic rings. The summed E-state index contributed by atoms with van der Waals surface area (Å²) in [7, 11) is 0. The van der Waals surface area contributed by atoms with E-state index in [1.807, 2.05) is 6.07 Å². The number of alkyl halides is 3. The molecule has 0 aliphatic rings. The molecule has 0 fully saturated rings. The van der Waals surface area contributed by atoms with Gasteiger partial charge in [-0.3, -0.25) is 0 Å². The highest BCUT2D eigenvalue weighted by Crippen LogP contribution is 2.29. The summed E-state index contributed by atoms with van der Waals surface area (Å²) in [4.78, 5) is 0. The highest BCUT2D eigenvalue weighted by Gasteiger charge is 2.29. The number of aromatic nitrogens is 1. The van der Waals surface area contributed by atoms with Crippen LogP contribution >= 0.6 is 23.1 Å². The van der Waals surface area contributed by atoms with Crippen LogP contribution in [-0.4, -0.2) is 10.9 Å². The molecule has 1 aromatic carbocycles. The zero-order valence-corrected chi connectivity index (χ0v) is 12.1. The topological polar surface area (TPSA) is 48.7 Å². The molecule has 1 N–H and O–H groups in total. The maximum absolute atomic E-state index is 12.4. The lowest BCUT2D eigenvalue weighted by molar-refractivity contribution is -0.137. The van der Waals surface area contributed by atoms with Gasteiger partial charge in [0.1, 0.15) is 16.6 Å². The number of nitrogens with zero attached hydrogens (tertiary/aromatic N) is 2. The lowest BCUT2D eigenvalue weighted by Gasteiger charge is -2.08. The molecule has 21 heavy (non-hydrogen) atoms. The van der Waals surface area contributed by atoms with Gasteiger partial charge >= 0.3 is 6.18 Å². The molecule has 3 nitrogen and oxygen atoms in total. The first-order valence-electron chi connectivity index (χ1n) is 5.87. The van der Waals surface area contributed by atoms with E-state index in [-0.39, 0.29) is 10.7 Å². The second-order valence-corrected chi connectivity index (χ2v) is 5.29. The van der Waals surface area contributed by atoms with Gasteiger partial charge in [-0.05, 0) is 35.6 Å². The number of rotatable bonds is 4. The molecule has 2 rings (SSSR count). The van der Waals surface area contributed by atoms with E-state index in [2.05, 4.69) is 9.69 Å². The summed E-state index contributed by atoms with van der Waals surface area (Å²) < 4.78 is 41.1. The van der Waals surface area contributed by atoms with Crippen molar-refractivity contribution in [3.8, 4) is 6.07 Å². The van der Waals surface area contributed by atoms with Gasteiger partial charge in [0.25, 0.3) is 0 Å². The van der Waals surface area contributed by atoms with Crippen LogP contribution in [0.3, 0.4) is 0 Å². The Morgan fingerprint density at radius 1 is 1.29 bits per heavy atom. The average Bonchev–Trinajstić information content (AvgIpc) is 2.79. The molecule has 1 heterocycles. The van der Waals surface area contributed by atoms with Crippen molar-refractivity contribution in [2.24, 2.45) is 0 Å². The van der Waals surface area contributed by atoms with Crippen LogP contribution in [0.15, 0.2) is 24.3 Å². The molecule has 1 aromatic heterocycles. The highest BCUT2D eigenvalue weighted by molar-refractivity contribution is 7.10. The molecule has 8 heteroatoms. The summed E-state index contributed by atoms with van der Waals surface area (Å²) in [6, 6.07) is 6.94. The summed E-state index contributed by atoms with van der Waals surface area (Å²) in [5.41, 5.74) is 0.388. The molecule has 0 aliphatic carbocycles. The van der Waals surface area contributed by atoms with Crippen LogP contribution in [0.5, 0.6) is 0 Å². The zero-order chi connectivity index (χ0) is 15.5. The Kier molecular flexibility index (Phi) is 4.70. The number of nitriles is 1. The van der Waals surface area contributed by atoms with Crippen LogP contribution in [-0.2, 0) is 12.6 Å². The van der Waals surface area contributed by atoms with E-state index in [0.717, 1.165) is 29.2 Å². The number of halogens is 4. The fourth-order valence-electron chi connectivity index (χ4n) is 1.67. The van der Waals surface area contributed by atoms with Gasteiger partial charge in [0.2, 0.25) is 0 Å². The van der Waals surface area contributed by atoms with E-state index < -0.39 is 11.7 Å². The first-order chi connectivity index (χ1) is 9.91. The second-order valence-electron chi connectivity index (χ2n) is 4.16. The van der Waals surface area contributed by atoms with E-state index in [1.54, 1.807) is 0 Å². The average molecular weight is 332 g/mol. The summed E-state index contributed by atoms with van der Waals surface area (Å²) in [6.45, 7) is 0.471. The van der Waals surface area contributed by atoms with E-state index in [4.69, 9.17) is 16.9 Å². The molecular weight excluding hydrogens is 323 g/mol. The summed E-state index contributed by atoms with van der Waals surface area (Å²) in [5.74, 6) is 0. The number of benzene rings is 1. The van der Waals surface area contributed by atoms with E-state index >= 15 is 0 Å². The normalized spacial score (nSPS) is 11.2. The molecule has 0 spiro atoms. The van der Waals surface area contributed by atoms with E-state index in [9.17, 15) is 13.2 Å². The van der Waals surface area contributed by atoms with Gasteiger partial charge in [-0.1, -0.05) is 23.7 Å². The maximum atomic E-state index is 12.4. The van der Waals surface area contributed by atoms with Crippen LogP contribution < -0.4 is 5.32 Å². The van der Waals surface area contributed by atoms with Gasteiger partial charge in [-0.15, -0.1) is 0 Å². The standard InChI is InChI=1S/C13H9ClF3N3S/c14-11-10(7-18)12(21-20-11)19-6-5-8-1-3-9(4-2-8)13(15,16)17/h1-4,19H,5-6H2. The van der Waals surface area contributed by atoms with Crippen molar-refractivity contribution < 1.29 is 13.2 Å². The first-order valence-corrected chi connectivity index (χ1v) is 7.02. The zero-order valence-electron chi connectivity index (χ0n) is 10.5. The Morgan fingerprint density at radius 3 is 2.52 bits per heavy atom. The van der Waals surface area contributed by atoms with Crippen molar-refractivity contribution in [3.63, 3.8) is 0 Å². The molecule has 0 aliphatic heterocycles. The van der Waals surface area contributed by atoms with Crippen molar-refractivity contribution in [2.75, 3.05) is 11.9 Å². The Bertz CT molecular complexity index is 659.